The summed E-state index contributed by atoms with van der Waals surface area (Å²) in [4.78, 5) is 19.1. The third-order valence-corrected chi connectivity index (χ3v) is 6.21. The lowest BCUT2D eigenvalue weighted by Crippen LogP contribution is -2.36. The van der Waals surface area contributed by atoms with Gasteiger partial charge in [0, 0.05) is 11.7 Å². The summed E-state index contributed by atoms with van der Waals surface area (Å²) in [6.07, 6.45) is 0.755. The molecule has 2 aliphatic heterocycles. The van der Waals surface area contributed by atoms with Crippen molar-refractivity contribution in [3.8, 4) is 5.69 Å². The van der Waals surface area contributed by atoms with Gasteiger partial charge in [-0.3, -0.25) is 4.79 Å². The number of benzene rings is 2. The van der Waals surface area contributed by atoms with Gasteiger partial charge in [0.2, 0.25) is 11.8 Å². The first-order valence-corrected chi connectivity index (χ1v) is 9.95. The number of carbonyl (C=O) groups excluding carboxylic acids is 1. The lowest BCUT2D eigenvalue weighted by molar-refractivity contribution is 0.0971. The van der Waals surface area contributed by atoms with Crippen molar-refractivity contribution in [2.24, 2.45) is 0 Å². The topological polar surface area (TPSA) is 97.2 Å². The summed E-state index contributed by atoms with van der Waals surface area (Å²) in [6.45, 7) is 1.96. The molecule has 0 spiro atoms. The Balaban J connectivity index is 1.60. The van der Waals surface area contributed by atoms with E-state index < -0.39 is 10.0 Å². The van der Waals surface area contributed by atoms with E-state index in [0.717, 1.165) is 17.7 Å². The van der Waals surface area contributed by atoms with Crippen molar-refractivity contribution in [2.75, 3.05) is 9.62 Å². The van der Waals surface area contributed by atoms with E-state index in [0.29, 0.717) is 5.69 Å². The highest BCUT2D eigenvalue weighted by atomic mass is 32.2. The Labute approximate surface area is 155 Å². The van der Waals surface area contributed by atoms with Gasteiger partial charge in [0.25, 0.3) is 15.9 Å². The lowest BCUT2D eigenvalue weighted by Gasteiger charge is -2.20. The molecule has 9 heteroatoms. The fraction of sp³-hybridized carbons (Fsp3) is 0.167. The van der Waals surface area contributed by atoms with Crippen molar-refractivity contribution < 1.29 is 13.2 Å². The molecular weight excluding hydrogens is 366 g/mol. The van der Waals surface area contributed by atoms with E-state index in [2.05, 4.69) is 14.8 Å². The molecule has 1 amide bonds. The standard InChI is InChI=1S/C18H15N5O3S/c1-11-10-12-6-2-3-7-13(12)22(11)17(24)16-19-18-21-27(25,26)15-9-5-4-8-14(15)23(18)20-16/h2-9,11H,10H2,1H3,(H,19,20,21). The largest absolute Gasteiger partial charge is 0.302 e. The molecule has 5 rings (SSSR count). The molecule has 8 nitrogen and oxygen atoms in total. The maximum absolute atomic E-state index is 13.1. The highest BCUT2D eigenvalue weighted by molar-refractivity contribution is 7.92. The highest BCUT2D eigenvalue weighted by Crippen LogP contribution is 2.34. The minimum atomic E-state index is -3.74. The maximum Gasteiger partial charge on any atom is 0.298 e. The lowest BCUT2D eigenvalue weighted by atomic mass is 10.1. The van der Waals surface area contributed by atoms with Crippen LogP contribution in [-0.2, 0) is 16.4 Å². The second-order valence-corrected chi connectivity index (χ2v) is 8.25. The van der Waals surface area contributed by atoms with Gasteiger partial charge in [0.1, 0.15) is 4.90 Å². The van der Waals surface area contributed by atoms with E-state index in [4.69, 9.17) is 0 Å². The molecule has 2 aromatic carbocycles. The monoisotopic (exact) mass is 381 g/mol. The molecule has 0 saturated heterocycles. The summed E-state index contributed by atoms with van der Waals surface area (Å²) in [5.74, 6) is -0.392. The number of carbonyl (C=O) groups is 1. The molecule has 136 valence electrons. The van der Waals surface area contributed by atoms with E-state index in [1.165, 1.54) is 10.7 Å². The number of hydrogen-bond acceptors (Lipinski definition) is 5. The third kappa shape index (κ3) is 2.28. The molecule has 0 saturated carbocycles. The first-order chi connectivity index (χ1) is 13.0. The summed E-state index contributed by atoms with van der Waals surface area (Å²) < 4.78 is 28.5. The van der Waals surface area contributed by atoms with Crippen molar-refractivity contribution in [2.45, 2.75) is 24.3 Å². The van der Waals surface area contributed by atoms with Crippen molar-refractivity contribution in [3.05, 3.63) is 59.9 Å². The molecule has 0 aliphatic carbocycles. The van der Waals surface area contributed by atoms with E-state index in [1.54, 1.807) is 23.1 Å². The van der Waals surface area contributed by atoms with Crippen LogP contribution in [0.25, 0.3) is 5.69 Å². The quantitative estimate of drug-likeness (QED) is 0.695. The van der Waals surface area contributed by atoms with Crippen LogP contribution in [0.4, 0.5) is 11.6 Å². The van der Waals surface area contributed by atoms with Gasteiger partial charge >= 0.3 is 0 Å². The Kier molecular flexibility index (Phi) is 3.20. The zero-order valence-corrected chi connectivity index (χ0v) is 15.1. The zero-order valence-electron chi connectivity index (χ0n) is 14.3. The van der Waals surface area contributed by atoms with Crippen molar-refractivity contribution in [1.29, 1.82) is 0 Å². The molecule has 27 heavy (non-hydrogen) atoms. The van der Waals surface area contributed by atoms with Gasteiger partial charge in [-0.2, -0.15) is 9.67 Å². The van der Waals surface area contributed by atoms with Crippen molar-refractivity contribution in [3.63, 3.8) is 0 Å². The summed E-state index contributed by atoms with van der Waals surface area (Å²) >= 11 is 0. The van der Waals surface area contributed by atoms with Crippen LogP contribution in [-0.4, -0.2) is 35.1 Å². The Hall–Kier alpha value is -3.20. The molecule has 1 atom stereocenters. The second kappa shape index (κ2) is 5.40. The van der Waals surface area contributed by atoms with Crippen LogP contribution in [0, 0.1) is 0 Å². The molecule has 1 N–H and O–H groups in total. The number of hydrogen-bond donors (Lipinski definition) is 1. The smallest absolute Gasteiger partial charge is 0.298 e. The van der Waals surface area contributed by atoms with Crippen LogP contribution >= 0.6 is 0 Å². The van der Waals surface area contributed by atoms with Crippen LogP contribution in [0.1, 0.15) is 23.1 Å². The summed E-state index contributed by atoms with van der Waals surface area (Å²) in [5, 5.41) is 4.30. The number of fused-ring (bicyclic) bond motifs is 4. The summed E-state index contributed by atoms with van der Waals surface area (Å²) in [6, 6.07) is 14.2. The minimum absolute atomic E-state index is 0.0113. The predicted molar refractivity (Wildman–Crippen MR) is 98.6 cm³/mol. The number of nitrogens with zero attached hydrogens (tertiary/aromatic N) is 4. The zero-order chi connectivity index (χ0) is 18.8. The van der Waals surface area contributed by atoms with Gasteiger partial charge in [-0.05, 0) is 37.1 Å². The number of para-hydroxylation sites is 2. The predicted octanol–water partition coefficient (Wildman–Crippen LogP) is 1.97. The van der Waals surface area contributed by atoms with Crippen LogP contribution < -0.4 is 9.62 Å². The van der Waals surface area contributed by atoms with E-state index in [1.807, 2.05) is 31.2 Å². The first kappa shape index (κ1) is 16.0. The van der Waals surface area contributed by atoms with Crippen LogP contribution in [0.5, 0.6) is 0 Å². The normalized spacial score (nSPS) is 19.0. The Bertz CT molecular complexity index is 1200. The number of rotatable bonds is 1. The average Bonchev–Trinajstić information content (AvgIpc) is 3.21. The Morgan fingerprint density at radius 2 is 1.81 bits per heavy atom. The van der Waals surface area contributed by atoms with Gasteiger partial charge in [0.05, 0.1) is 5.69 Å². The Morgan fingerprint density at radius 3 is 2.63 bits per heavy atom. The number of aromatic nitrogens is 3. The van der Waals surface area contributed by atoms with Crippen molar-refractivity contribution >= 4 is 27.6 Å². The molecule has 3 aromatic rings. The molecule has 0 bridgehead atoms. The Morgan fingerprint density at radius 1 is 1.11 bits per heavy atom. The van der Waals surface area contributed by atoms with Gasteiger partial charge in [-0.15, -0.1) is 5.10 Å². The number of anilines is 2. The number of amides is 1. The van der Waals surface area contributed by atoms with Gasteiger partial charge in [-0.25, -0.2) is 13.1 Å². The fourth-order valence-corrected chi connectivity index (χ4v) is 4.82. The molecular formula is C18H15N5O3S. The SMILES string of the molecule is CC1Cc2ccccc2N1C(=O)c1nc2n(n1)-c1ccccc1S(=O)(=O)N2. The summed E-state index contributed by atoms with van der Waals surface area (Å²) in [5.41, 5.74) is 2.30. The second-order valence-electron chi connectivity index (χ2n) is 6.60. The van der Waals surface area contributed by atoms with Gasteiger partial charge in [0.15, 0.2) is 0 Å². The van der Waals surface area contributed by atoms with E-state index >= 15 is 0 Å². The van der Waals surface area contributed by atoms with Crippen LogP contribution in [0.3, 0.4) is 0 Å². The number of nitrogens with one attached hydrogen (secondary N) is 1. The first-order valence-electron chi connectivity index (χ1n) is 8.46. The maximum atomic E-state index is 13.1. The fourth-order valence-electron chi connectivity index (χ4n) is 3.65. The minimum Gasteiger partial charge on any atom is -0.302 e. The van der Waals surface area contributed by atoms with E-state index in [9.17, 15) is 13.2 Å². The highest BCUT2D eigenvalue weighted by Gasteiger charge is 2.36. The molecule has 2 aliphatic rings. The molecule has 3 heterocycles. The molecule has 1 aromatic heterocycles. The average molecular weight is 381 g/mol. The third-order valence-electron chi connectivity index (χ3n) is 4.83. The van der Waals surface area contributed by atoms with Crippen molar-refractivity contribution in [1.82, 2.24) is 14.8 Å². The van der Waals surface area contributed by atoms with Crippen LogP contribution in [0.15, 0.2) is 53.4 Å². The van der Waals surface area contributed by atoms with Gasteiger partial charge in [-0.1, -0.05) is 30.3 Å². The summed E-state index contributed by atoms with van der Waals surface area (Å²) in [7, 11) is -3.74. The number of sulfonamides is 1. The molecule has 1 unspecified atom stereocenters. The molecule has 0 radical (unpaired) electrons. The van der Waals surface area contributed by atoms with E-state index in [-0.39, 0.29) is 28.6 Å². The van der Waals surface area contributed by atoms with Gasteiger partial charge < -0.3 is 4.90 Å². The molecule has 0 fully saturated rings. The van der Waals surface area contributed by atoms with Crippen LogP contribution in [0.2, 0.25) is 0 Å².